The summed E-state index contributed by atoms with van der Waals surface area (Å²) < 4.78 is 0.729. The van der Waals surface area contributed by atoms with Crippen molar-refractivity contribution in [3.05, 3.63) is 27.2 Å². The summed E-state index contributed by atoms with van der Waals surface area (Å²) >= 11 is 9.77. The van der Waals surface area contributed by atoms with Crippen molar-refractivity contribution >= 4 is 52.3 Å². The zero-order chi connectivity index (χ0) is 13.4. The molecule has 1 aliphatic carbocycles. The molecule has 0 spiro atoms. The van der Waals surface area contributed by atoms with Gasteiger partial charge in [0.1, 0.15) is 5.75 Å². The number of benzene rings is 1. The van der Waals surface area contributed by atoms with Crippen LogP contribution in [0.2, 0.25) is 5.02 Å². The van der Waals surface area contributed by atoms with Crippen LogP contribution in [0.1, 0.15) is 24.4 Å². The van der Waals surface area contributed by atoms with Crippen molar-refractivity contribution in [3.8, 4) is 5.75 Å². The average Bonchev–Trinajstić information content (AvgIpc) is 3.24. The maximum absolute atomic E-state index is 10.4. The van der Waals surface area contributed by atoms with E-state index in [9.17, 15) is 5.11 Å². The third-order valence-electron chi connectivity index (χ3n) is 4.02. The molecule has 1 atom stereocenters. The Kier molecular flexibility index (Phi) is 7.58. The first-order valence-corrected chi connectivity index (χ1v) is 7.97. The molecule has 120 valence electrons. The fraction of sp³-hybridized carbons (Fsp3) is 0.571. The number of piperazine rings is 1. The number of nitrogens with one attached hydrogen (secondary N) is 1. The summed E-state index contributed by atoms with van der Waals surface area (Å²) in [4.78, 5) is 2.46. The predicted octanol–water partition coefficient (Wildman–Crippen LogP) is 4.01. The summed E-state index contributed by atoms with van der Waals surface area (Å²) in [6.07, 6.45) is 2.47. The van der Waals surface area contributed by atoms with Crippen molar-refractivity contribution in [1.82, 2.24) is 10.2 Å². The Morgan fingerprint density at radius 1 is 1.24 bits per heavy atom. The number of nitrogens with zero attached hydrogens (tertiary/aromatic N) is 1. The summed E-state index contributed by atoms with van der Waals surface area (Å²) in [5, 5.41) is 14.4. The molecule has 21 heavy (non-hydrogen) atoms. The van der Waals surface area contributed by atoms with Gasteiger partial charge in [-0.2, -0.15) is 0 Å². The minimum Gasteiger partial charge on any atom is -0.506 e. The second-order valence-electron chi connectivity index (χ2n) is 5.36. The molecule has 1 aromatic carbocycles. The van der Waals surface area contributed by atoms with E-state index in [1.54, 1.807) is 0 Å². The fourth-order valence-electron chi connectivity index (χ4n) is 2.93. The molecule has 2 aliphatic rings. The smallest absolute Gasteiger partial charge is 0.136 e. The highest BCUT2D eigenvalue weighted by Crippen LogP contribution is 2.50. The van der Waals surface area contributed by atoms with Crippen LogP contribution < -0.4 is 5.32 Å². The van der Waals surface area contributed by atoms with Gasteiger partial charge in [-0.25, -0.2) is 0 Å². The number of halogens is 4. The molecule has 0 radical (unpaired) electrons. The van der Waals surface area contributed by atoms with Crippen LogP contribution in [0, 0.1) is 5.92 Å². The third kappa shape index (κ3) is 4.18. The van der Waals surface area contributed by atoms with E-state index in [-0.39, 0.29) is 30.9 Å². The van der Waals surface area contributed by atoms with Crippen LogP contribution in [0.15, 0.2) is 16.6 Å². The van der Waals surface area contributed by atoms with Gasteiger partial charge in [-0.05, 0) is 46.8 Å². The number of phenolic OH excluding ortho intramolecular Hbond substituents is 1. The quantitative estimate of drug-likeness (QED) is 0.779. The topological polar surface area (TPSA) is 35.5 Å². The fourth-order valence-corrected chi connectivity index (χ4v) is 3.54. The van der Waals surface area contributed by atoms with Crippen LogP contribution in [0.3, 0.4) is 0 Å². The van der Waals surface area contributed by atoms with Crippen molar-refractivity contribution in [3.63, 3.8) is 0 Å². The Balaban J connectivity index is 0.00000110. The molecule has 0 unspecified atom stereocenters. The van der Waals surface area contributed by atoms with Gasteiger partial charge in [0, 0.05) is 42.8 Å². The summed E-state index contributed by atoms with van der Waals surface area (Å²) in [7, 11) is 0. The van der Waals surface area contributed by atoms with Crippen molar-refractivity contribution in [2.24, 2.45) is 5.92 Å². The summed E-state index contributed by atoms with van der Waals surface area (Å²) in [5.74, 6) is 0.943. The van der Waals surface area contributed by atoms with Gasteiger partial charge in [0.2, 0.25) is 0 Å². The second-order valence-corrected chi connectivity index (χ2v) is 6.62. The SMILES string of the molecule is Cl.Cl.Oc1c(Br)ccc(Cl)c1[C@@H](C1CC1)N1CCNCC1. The highest BCUT2D eigenvalue weighted by atomic mass is 79.9. The molecule has 3 nitrogen and oxygen atoms in total. The van der Waals surface area contributed by atoms with E-state index in [2.05, 4.69) is 26.1 Å². The lowest BCUT2D eigenvalue weighted by atomic mass is 9.98. The van der Waals surface area contributed by atoms with Gasteiger partial charge >= 0.3 is 0 Å². The monoisotopic (exact) mass is 416 g/mol. The van der Waals surface area contributed by atoms with Crippen molar-refractivity contribution in [2.45, 2.75) is 18.9 Å². The first kappa shape index (κ1) is 19.3. The minimum atomic E-state index is 0. The Bertz CT molecular complexity index is 480. The molecule has 2 N–H and O–H groups in total. The molecule has 1 saturated carbocycles. The van der Waals surface area contributed by atoms with Gasteiger partial charge in [-0.1, -0.05) is 11.6 Å². The normalized spacial score (nSPS) is 20.3. The second kappa shape index (κ2) is 8.23. The lowest BCUT2D eigenvalue weighted by molar-refractivity contribution is 0.153. The molecular weight excluding hydrogens is 398 g/mol. The summed E-state index contributed by atoms with van der Waals surface area (Å²) in [6, 6.07) is 3.94. The van der Waals surface area contributed by atoms with Crippen LogP contribution in [-0.2, 0) is 0 Å². The van der Waals surface area contributed by atoms with E-state index in [0.717, 1.165) is 36.2 Å². The largest absolute Gasteiger partial charge is 0.506 e. The van der Waals surface area contributed by atoms with Crippen molar-refractivity contribution in [2.75, 3.05) is 26.2 Å². The standard InChI is InChI=1S/C14H18BrClN2O.2ClH/c15-10-3-4-11(16)12(14(10)19)13(9-1-2-9)18-7-5-17-6-8-18;;/h3-4,9,13,17,19H,1-2,5-8H2;2*1H/t13-;;/m1../s1. The number of hydrogen-bond acceptors (Lipinski definition) is 3. The van der Waals surface area contributed by atoms with Crippen LogP contribution in [0.5, 0.6) is 5.75 Å². The van der Waals surface area contributed by atoms with Gasteiger partial charge in [-0.15, -0.1) is 24.8 Å². The third-order valence-corrected chi connectivity index (χ3v) is 4.99. The molecule has 3 rings (SSSR count). The van der Waals surface area contributed by atoms with Gasteiger partial charge in [0.05, 0.1) is 4.47 Å². The van der Waals surface area contributed by atoms with Crippen LogP contribution in [0.4, 0.5) is 0 Å². The molecule has 1 aromatic rings. The molecule has 2 fully saturated rings. The summed E-state index contributed by atoms with van der Waals surface area (Å²) in [5.41, 5.74) is 0.903. The van der Waals surface area contributed by atoms with Crippen molar-refractivity contribution < 1.29 is 5.11 Å². The molecule has 1 heterocycles. The molecule has 7 heteroatoms. The van der Waals surface area contributed by atoms with Crippen LogP contribution >= 0.6 is 52.3 Å². The van der Waals surface area contributed by atoms with E-state index in [1.165, 1.54) is 12.8 Å². The van der Waals surface area contributed by atoms with Crippen LogP contribution in [-0.4, -0.2) is 36.2 Å². The molecule has 0 amide bonds. The predicted molar refractivity (Wildman–Crippen MR) is 95.2 cm³/mol. The Morgan fingerprint density at radius 2 is 1.86 bits per heavy atom. The van der Waals surface area contributed by atoms with Crippen molar-refractivity contribution in [1.29, 1.82) is 0 Å². The molecular formula is C14H20BrCl3N2O. The van der Waals surface area contributed by atoms with Gasteiger partial charge < -0.3 is 10.4 Å². The van der Waals surface area contributed by atoms with E-state index in [4.69, 9.17) is 11.6 Å². The molecule has 0 bridgehead atoms. The number of phenols is 1. The zero-order valence-electron chi connectivity index (χ0n) is 11.5. The molecule has 1 aliphatic heterocycles. The van der Waals surface area contributed by atoms with Gasteiger partial charge in [0.25, 0.3) is 0 Å². The Labute approximate surface area is 151 Å². The number of aromatic hydroxyl groups is 1. The van der Waals surface area contributed by atoms with E-state index in [0.29, 0.717) is 16.7 Å². The molecule has 1 saturated heterocycles. The lowest BCUT2D eigenvalue weighted by Gasteiger charge is -2.36. The average molecular weight is 419 g/mol. The van der Waals surface area contributed by atoms with Gasteiger partial charge in [-0.3, -0.25) is 4.90 Å². The maximum Gasteiger partial charge on any atom is 0.136 e. The molecule has 0 aromatic heterocycles. The number of rotatable bonds is 3. The van der Waals surface area contributed by atoms with Crippen LogP contribution in [0.25, 0.3) is 0 Å². The van der Waals surface area contributed by atoms with E-state index >= 15 is 0 Å². The maximum atomic E-state index is 10.4. The number of hydrogen-bond donors (Lipinski definition) is 2. The minimum absolute atomic E-state index is 0. The highest BCUT2D eigenvalue weighted by molar-refractivity contribution is 9.10. The Hall–Kier alpha value is 0.290. The lowest BCUT2D eigenvalue weighted by Crippen LogP contribution is -2.45. The first-order valence-electron chi connectivity index (χ1n) is 6.80. The van der Waals surface area contributed by atoms with Gasteiger partial charge in [0.15, 0.2) is 0 Å². The Morgan fingerprint density at radius 3 is 2.43 bits per heavy atom. The summed E-state index contributed by atoms with van der Waals surface area (Å²) in [6.45, 7) is 4.05. The highest BCUT2D eigenvalue weighted by Gasteiger charge is 2.39. The van der Waals surface area contributed by atoms with E-state index in [1.807, 2.05) is 12.1 Å². The first-order chi connectivity index (χ1) is 9.18. The zero-order valence-corrected chi connectivity index (χ0v) is 15.5. The van der Waals surface area contributed by atoms with E-state index < -0.39 is 0 Å².